The van der Waals surface area contributed by atoms with Crippen molar-refractivity contribution in [1.29, 1.82) is 0 Å². The van der Waals surface area contributed by atoms with Crippen molar-refractivity contribution in [2.45, 2.75) is 24.7 Å². The Bertz CT molecular complexity index is 746. The monoisotopic (exact) mass is 307 g/mol. The van der Waals surface area contributed by atoms with Crippen LogP contribution in [-0.2, 0) is 17.1 Å². The molecule has 6 heteroatoms. The number of sulfonamides is 1. The third-order valence-corrected chi connectivity index (χ3v) is 5.21. The summed E-state index contributed by atoms with van der Waals surface area (Å²) in [7, 11) is 1.48. The van der Waals surface area contributed by atoms with Gasteiger partial charge in [-0.25, -0.2) is 12.7 Å². The van der Waals surface area contributed by atoms with Crippen LogP contribution in [-0.4, -0.2) is 36.6 Å². The summed E-state index contributed by atoms with van der Waals surface area (Å²) in [4.78, 5) is 0.317. The van der Waals surface area contributed by atoms with Crippen LogP contribution in [0.2, 0.25) is 0 Å². The number of nitrogens with zero attached hydrogens (tertiary/aromatic N) is 3. The number of aryl methyl sites for hydroxylation is 1. The summed E-state index contributed by atoms with van der Waals surface area (Å²) < 4.78 is 27.7. The van der Waals surface area contributed by atoms with E-state index in [0.29, 0.717) is 4.90 Å². The number of benzene rings is 1. The lowest BCUT2D eigenvalue weighted by atomic mass is 9.99. The van der Waals surface area contributed by atoms with Gasteiger partial charge in [0.2, 0.25) is 10.0 Å². The van der Waals surface area contributed by atoms with E-state index in [4.69, 9.17) is 0 Å². The minimum atomic E-state index is -3.45. The Kier molecular flexibility index (Phi) is 4.20. The van der Waals surface area contributed by atoms with Crippen molar-refractivity contribution < 1.29 is 8.42 Å². The first kappa shape index (κ1) is 15.7. The van der Waals surface area contributed by atoms with Gasteiger partial charge in [-0.05, 0) is 29.2 Å². The van der Waals surface area contributed by atoms with Crippen LogP contribution in [0.4, 0.5) is 0 Å². The Morgan fingerprint density at radius 3 is 2.29 bits per heavy atom. The summed E-state index contributed by atoms with van der Waals surface area (Å²) in [6.07, 6.45) is 3.62. The average Bonchev–Trinajstić information content (AvgIpc) is 2.84. The van der Waals surface area contributed by atoms with Crippen LogP contribution in [0.3, 0.4) is 0 Å². The summed E-state index contributed by atoms with van der Waals surface area (Å²) in [5.74, 6) is 0.248. The summed E-state index contributed by atoms with van der Waals surface area (Å²) >= 11 is 0. The molecular weight excluding hydrogens is 286 g/mol. The van der Waals surface area contributed by atoms with Crippen LogP contribution in [0, 0.1) is 0 Å². The minimum Gasteiger partial charge on any atom is -0.275 e. The van der Waals surface area contributed by atoms with Crippen LogP contribution < -0.4 is 0 Å². The zero-order valence-corrected chi connectivity index (χ0v) is 13.8. The molecule has 21 heavy (non-hydrogen) atoms. The summed E-state index contributed by atoms with van der Waals surface area (Å²) in [6, 6.07) is 5.48. The molecular formula is C15H21N3O2S. The van der Waals surface area contributed by atoms with Crippen LogP contribution >= 0.6 is 0 Å². The fraction of sp³-hybridized carbons (Fsp3) is 0.400. The van der Waals surface area contributed by atoms with E-state index in [2.05, 4.69) is 18.9 Å². The van der Waals surface area contributed by atoms with Crippen molar-refractivity contribution >= 4 is 10.0 Å². The van der Waals surface area contributed by atoms with Gasteiger partial charge in [0.25, 0.3) is 0 Å². The molecule has 0 unspecified atom stereocenters. The van der Waals surface area contributed by atoms with Gasteiger partial charge in [-0.3, -0.25) is 4.68 Å². The number of aromatic nitrogens is 2. The predicted molar refractivity (Wildman–Crippen MR) is 83.6 cm³/mol. The van der Waals surface area contributed by atoms with Crippen molar-refractivity contribution in [2.24, 2.45) is 7.05 Å². The molecule has 114 valence electrons. The molecule has 0 aliphatic carbocycles. The lowest BCUT2D eigenvalue weighted by Crippen LogP contribution is -2.22. The molecule has 0 atom stereocenters. The van der Waals surface area contributed by atoms with E-state index in [1.165, 1.54) is 4.31 Å². The van der Waals surface area contributed by atoms with Crippen LogP contribution in [0.5, 0.6) is 0 Å². The first-order chi connectivity index (χ1) is 9.71. The fourth-order valence-corrected chi connectivity index (χ4v) is 3.03. The van der Waals surface area contributed by atoms with Crippen LogP contribution in [0.15, 0.2) is 35.5 Å². The molecule has 0 spiro atoms. The van der Waals surface area contributed by atoms with Crippen molar-refractivity contribution in [3.8, 4) is 11.1 Å². The SMILES string of the molecule is CC(C)c1cc(-c2cnn(C)c2)cc(S(=O)(=O)N(C)C)c1. The van der Waals surface area contributed by atoms with Gasteiger partial charge in [0.15, 0.2) is 0 Å². The smallest absolute Gasteiger partial charge is 0.242 e. The molecule has 0 N–H and O–H groups in total. The van der Waals surface area contributed by atoms with Crippen molar-refractivity contribution in [2.75, 3.05) is 14.1 Å². The fourth-order valence-electron chi connectivity index (χ4n) is 2.05. The molecule has 0 saturated heterocycles. The lowest BCUT2D eigenvalue weighted by Gasteiger charge is -2.15. The van der Waals surface area contributed by atoms with Gasteiger partial charge < -0.3 is 0 Å². The molecule has 0 saturated carbocycles. The lowest BCUT2D eigenvalue weighted by molar-refractivity contribution is 0.520. The zero-order chi connectivity index (χ0) is 15.8. The van der Waals surface area contributed by atoms with Gasteiger partial charge in [0.1, 0.15) is 0 Å². The van der Waals surface area contributed by atoms with E-state index in [0.717, 1.165) is 16.7 Å². The molecule has 0 fully saturated rings. The Balaban J connectivity index is 2.65. The number of hydrogen-bond acceptors (Lipinski definition) is 3. The molecule has 0 radical (unpaired) electrons. The summed E-state index contributed by atoms with van der Waals surface area (Å²) in [5, 5.41) is 4.15. The normalized spacial score (nSPS) is 12.3. The highest BCUT2D eigenvalue weighted by Gasteiger charge is 2.20. The quantitative estimate of drug-likeness (QED) is 0.872. The summed E-state index contributed by atoms with van der Waals surface area (Å²) in [6.45, 7) is 4.10. The minimum absolute atomic E-state index is 0.248. The van der Waals surface area contributed by atoms with Gasteiger partial charge in [-0.1, -0.05) is 19.9 Å². The Hall–Kier alpha value is -1.66. The number of hydrogen-bond donors (Lipinski definition) is 0. The first-order valence-corrected chi connectivity index (χ1v) is 8.22. The first-order valence-electron chi connectivity index (χ1n) is 6.78. The highest BCUT2D eigenvalue weighted by Crippen LogP contribution is 2.28. The standard InChI is InChI=1S/C15H21N3O2S/c1-11(2)12-6-13(14-9-16-18(5)10-14)8-15(7-12)21(19,20)17(3)4/h6-11H,1-5H3. The molecule has 0 aliphatic heterocycles. The second kappa shape index (κ2) is 5.61. The predicted octanol–water partition coefficient (Wildman–Crippen LogP) is 2.46. The Morgan fingerprint density at radius 1 is 1.14 bits per heavy atom. The van der Waals surface area contributed by atoms with Crippen molar-refractivity contribution in [1.82, 2.24) is 14.1 Å². The maximum atomic E-state index is 12.4. The van der Waals surface area contributed by atoms with Gasteiger partial charge in [-0.2, -0.15) is 5.10 Å². The molecule has 1 heterocycles. The van der Waals surface area contributed by atoms with Gasteiger partial charge in [0.05, 0.1) is 11.1 Å². The van der Waals surface area contributed by atoms with Crippen molar-refractivity contribution in [3.63, 3.8) is 0 Å². The Morgan fingerprint density at radius 2 is 1.81 bits per heavy atom. The van der Waals surface area contributed by atoms with E-state index < -0.39 is 10.0 Å². The highest BCUT2D eigenvalue weighted by atomic mass is 32.2. The maximum Gasteiger partial charge on any atom is 0.242 e. The molecule has 2 rings (SSSR count). The van der Waals surface area contributed by atoms with E-state index in [9.17, 15) is 8.42 Å². The van der Waals surface area contributed by atoms with E-state index in [1.54, 1.807) is 37.1 Å². The number of rotatable bonds is 4. The second-order valence-electron chi connectivity index (χ2n) is 5.64. The molecule has 0 aliphatic rings. The molecule has 1 aromatic heterocycles. The molecule has 0 bridgehead atoms. The largest absolute Gasteiger partial charge is 0.275 e. The molecule has 5 nitrogen and oxygen atoms in total. The topological polar surface area (TPSA) is 55.2 Å². The average molecular weight is 307 g/mol. The zero-order valence-electron chi connectivity index (χ0n) is 13.0. The van der Waals surface area contributed by atoms with Crippen molar-refractivity contribution in [3.05, 3.63) is 36.2 Å². The molecule has 0 amide bonds. The van der Waals surface area contributed by atoms with Gasteiger partial charge >= 0.3 is 0 Å². The van der Waals surface area contributed by atoms with Crippen LogP contribution in [0.25, 0.3) is 11.1 Å². The second-order valence-corrected chi connectivity index (χ2v) is 7.79. The van der Waals surface area contributed by atoms with E-state index >= 15 is 0 Å². The Labute approximate surface area is 126 Å². The summed E-state index contributed by atoms with van der Waals surface area (Å²) in [5.41, 5.74) is 2.78. The highest BCUT2D eigenvalue weighted by molar-refractivity contribution is 7.89. The van der Waals surface area contributed by atoms with Crippen LogP contribution in [0.1, 0.15) is 25.3 Å². The van der Waals surface area contributed by atoms with Gasteiger partial charge in [-0.15, -0.1) is 0 Å². The third-order valence-electron chi connectivity index (χ3n) is 3.41. The van der Waals surface area contributed by atoms with E-state index in [-0.39, 0.29) is 5.92 Å². The van der Waals surface area contributed by atoms with E-state index in [1.807, 2.05) is 19.3 Å². The molecule has 2 aromatic rings. The maximum absolute atomic E-state index is 12.4. The third kappa shape index (κ3) is 3.16. The van der Waals surface area contributed by atoms with Gasteiger partial charge in [0, 0.05) is 32.9 Å². The molecule has 1 aromatic carbocycles.